The van der Waals surface area contributed by atoms with Gasteiger partial charge in [0.25, 0.3) is 0 Å². The Hall–Kier alpha value is -4.24. The molecule has 0 radical (unpaired) electrons. The van der Waals surface area contributed by atoms with Gasteiger partial charge in [0.15, 0.2) is 5.82 Å². The predicted octanol–water partition coefficient (Wildman–Crippen LogP) is 5.22. The van der Waals surface area contributed by atoms with E-state index in [9.17, 15) is 31.9 Å². The fraction of sp³-hybridized carbons (Fsp3) is 0.296. The van der Waals surface area contributed by atoms with E-state index in [2.05, 4.69) is 35.8 Å². The molecule has 3 N–H and O–H groups in total. The summed E-state index contributed by atoms with van der Waals surface area (Å²) in [5.74, 6) is -2.04. The lowest BCUT2D eigenvalue weighted by Crippen LogP contribution is -2.22. The summed E-state index contributed by atoms with van der Waals surface area (Å²) in [7, 11) is 0. The number of anilines is 2. The molecule has 0 aliphatic rings. The van der Waals surface area contributed by atoms with Gasteiger partial charge in [0.05, 0.1) is 12.1 Å². The third kappa shape index (κ3) is 10.3. The van der Waals surface area contributed by atoms with Gasteiger partial charge in [0.2, 0.25) is 11.0 Å². The Morgan fingerprint density at radius 1 is 0.929 bits per heavy atom. The van der Waals surface area contributed by atoms with Gasteiger partial charge >= 0.3 is 6.36 Å². The number of ether oxygens (including phenoxy) is 1. The predicted molar refractivity (Wildman–Crippen MR) is 144 cm³/mol. The van der Waals surface area contributed by atoms with E-state index < -0.39 is 30.1 Å². The highest BCUT2D eigenvalue weighted by Gasteiger charge is 2.31. The normalized spacial score (nSPS) is 12.1. The van der Waals surface area contributed by atoms with E-state index in [1.165, 1.54) is 29.5 Å². The molecular formula is C27H25F5N6O3S. The zero-order valence-electron chi connectivity index (χ0n) is 21.9. The van der Waals surface area contributed by atoms with Crippen molar-refractivity contribution in [3.8, 4) is 5.75 Å². The number of aliphatic hydroxyl groups is 1. The van der Waals surface area contributed by atoms with Gasteiger partial charge in [-0.25, -0.2) is 8.78 Å². The van der Waals surface area contributed by atoms with E-state index in [0.29, 0.717) is 29.4 Å². The Labute approximate surface area is 240 Å². The Kier molecular flexibility index (Phi) is 10.3. The number of unbranched alkanes of at least 4 members (excludes halogenated alkanes) is 1. The Balaban J connectivity index is 1.16. The van der Waals surface area contributed by atoms with Crippen molar-refractivity contribution in [2.24, 2.45) is 0 Å². The lowest BCUT2D eigenvalue weighted by Gasteiger charge is -2.14. The molecule has 2 aromatic heterocycles. The van der Waals surface area contributed by atoms with Crippen LogP contribution in [-0.4, -0.2) is 44.0 Å². The molecule has 15 heteroatoms. The monoisotopic (exact) mass is 608 g/mol. The first-order valence-electron chi connectivity index (χ1n) is 12.7. The number of aliphatic hydroxyl groups excluding tert-OH is 1. The molecule has 2 heterocycles. The summed E-state index contributed by atoms with van der Waals surface area (Å²) in [6.07, 6.45) is -3.31. The zero-order chi connectivity index (χ0) is 30.1. The highest BCUT2D eigenvalue weighted by atomic mass is 32.1. The quantitative estimate of drug-likeness (QED) is 0.107. The van der Waals surface area contributed by atoms with Crippen LogP contribution in [-0.2, 0) is 30.5 Å². The fourth-order valence-corrected chi connectivity index (χ4v) is 4.73. The van der Waals surface area contributed by atoms with Crippen molar-refractivity contribution >= 4 is 28.2 Å². The lowest BCUT2D eigenvalue weighted by molar-refractivity contribution is -0.274. The summed E-state index contributed by atoms with van der Waals surface area (Å²) < 4.78 is 67.7. The fourth-order valence-electron chi connectivity index (χ4n) is 3.93. The first-order chi connectivity index (χ1) is 20.0. The average Bonchev–Trinajstić information content (AvgIpc) is 3.33. The highest BCUT2D eigenvalue weighted by Crippen LogP contribution is 2.24. The molecule has 9 nitrogen and oxygen atoms in total. The Bertz CT molecular complexity index is 1470. The van der Waals surface area contributed by atoms with Crippen molar-refractivity contribution in [2.45, 2.75) is 51.1 Å². The van der Waals surface area contributed by atoms with Gasteiger partial charge in [0.1, 0.15) is 28.6 Å². The second-order valence-corrected chi connectivity index (χ2v) is 10.2. The summed E-state index contributed by atoms with van der Waals surface area (Å²) in [5.41, 5.74) is 1.37. The zero-order valence-corrected chi connectivity index (χ0v) is 22.7. The van der Waals surface area contributed by atoms with Gasteiger partial charge in [0, 0.05) is 18.9 Å². The van der Waals surface area contributed by atoms with Crippen LogP contribution in [0.3, 0.4) is 0 Å². The summed E-state index contributed by atoms with van der Waals surface area (Å²) in [6.45, 7) is 0. The number of aromatic nitrogens is 4. The van der Waals surface area contributed by atoms with Crippen molar-refractivity contribution in [3.63, 3.8) is 0 Å². The molecule has 0 saturated heterocycles. The van der Waals surface area contributed by atoms with Crippen LogP contribution in [0.1, 0.15) is 34.7 Å². The minimum Gasteiger partial charge on any atom is -0.406 e. The van der Waals surface area contributed by atoms with Crippen LogP contribution < -0.4 is 15.4 Å². The van der Waals surface area contributed by atoms with Gasteiger partial charge in [-0.1, -0.05) is 23.5 Å². The molecule has 0 saturated carbocycles. The van der Waals surface area contributed by atoms with Gasteiger partial charge in [-0.3, -0.25) is 4.79 Å². The molecule has 0 fully saturated rings. The number of benzene rings is 2. The molecule has 222 valence electrons. The van der Waals surface area contributed by atoms with Crippen molar-refractivity contribution < 1.29 is 36.6 Å². The average molecular weight is 609 g/mol. The van der Waals surface area contributed by atoms with Crippen LogP contribution in [0.5, 0.6) is 5.75 Å². The molecule has 1 amide bonds. The number of alkyl halides is 3. The third-order valence-electron chi connectivity index (χ3n) is 5.67. The molecule has 1 atom stereocenters. The molecular weight excluding hydrogens is 583 g/mol. The standard InChI is InChI=1S/C27H25F5N6O3S/c28-18-10-17(11-19(29)15-18)14-24(40)34-26-38-37-25(42-26)7-2-1-5-20-8-9-22(36-35-20)33-23(39)13-16-4-3-6-21(12-16)41-27(30,31)32/h3-4,6,8-12,15,23,39H,1-2,5,7,13-14H2,(H,33,36)(H,34,38,40). The van der Waals surface area contributed by atoms with Crippen LogP contribution in [0.2, 0.25) is 0 Å². The van der Waals surface area contributed by atoms with Crippen LogP contribution in [0.4, 0.5) is 32.9 Å². The number of halogens is 5. The van der Waals surface area contributed by atoms with Crippen LogP contribution in [0, 0.1) is 11.6 Å². The molecule has 0 spiro atoms. The summed E-state index contributed by atoms with van der Waals surface area (Å²) in [4.78, 5) is 12.2. The van der Waals surface area contributed by atoms with Crippen LogP contribution in [0.15, 0.2) is 54.6 Å². The Morgan fingerprint density at radius 3 is 2.40 bits per heavy atom. The van der Waals surface area contributed by atoms with E-state index in [4.69, 9.17) is 0 Å². The van der Waals surface area contributed by atoms with Gasteiger partial charge in [-0.05, 0) is 66.8 Å². The topological polar surface area (TPSA) is 122 Å². The lowest BCUT2D eigenvalue weighted by atomic mass is 10.1. The first kappa shape index (κ1) is 30.7. The molecule has 1 unspecified atom stereocenters. The van der Waals surface area contributed by atoms with Gasteiger partial charge < -0.3 is 20.5 Å². The number of rotatable bonds is 13. The summed E-state index contributed by atoms with van der Waals surface area (Å²) in [6, 6.07) is 11.7. The van der Waals surface area contributed by atoms with Gasteiger partial charge in [-0.15, -0.1) is 28.5 Å². The number of hydrogen-bond acceptors (Lipinski definition) is 9. The summed E-state index contributed by atoms with van der Waals surface area (Å²) >= 11 is 1.22. The highest BCUT2D eigenvalue weighted by molar-refractivity contribution is 7.15. The van der Waals surface area contributed by atoms with Crippen LogP contribution >= 0.6 is 11.3 Å². The van der Waals surface area contributed by atoms with E-state index in [0.717, 1.165) is 41.7 Å². The number of carbonyl (C=O) groups excluding carboxylic acids is 1. The number of nitrogens with one attached hydrogen (secondary N) is 2. The van der Waals surface area contributed by atoms with E-state index in [1.807, 2.05) is 0 Å². The maximum Gasteiger partial charge on any atom is 0.573 e. The molecule has 0 aliphatic heterocycles. The summed E-state index contributed by atoms with van der Waals surface area (Å²) in [5, 5.41) is 32.8. The molecule has 0 aliphatic carbocycles. The van der Waals surface area contributed by atoms with E-state index in [1.54, 1.807) is 18.2 Å². The van der Waals surface area contributed by atoms with Crippen LogP contribution in [0.25, 0.3) is 0 Å². The van der Waals surface area contributed by atoms with Crippen molar-refractivity contribution in [3.05, 3.63) is 88.1 Å². The van der Waals surface area contributed by atoms with Crippen molar-refractivity contribution in [2.75, 3.05) is 10.6 Å². The first-order valence-corrected chi connectivity index (χ1v) is 13.5. The second-order valence-electron chi connectivity index (χ2n) is 9.18. The second kappa shape index (κ2) is 14.1. The minimum atomic E-state index is -4.80. The Morgan fingerprint density at radius 2 is 1.69 bits per heavy atom. The van der Waals surface area contributed by atoms with E-state index in [-0.39, 0.29) is 24.2 Å². The van der Waals surface area contributed by atoms with E-state index >= 15 is 0 Å². The minimum absolute atomic E-state index is 0.0164. The third-order valence-corrected chi connectivity index (χ3v) is 6.57. The smallest absolute Gasteiger partial charge is 0.406 e. The number of nitrogens with zero attached hydrogens (tertiary/aromatic N) is 4. The molecule has 4 aromatic rings. The molecule has 2 aromatic carbocycles. The number of hydrogen-bond donors (Lipinski definition) is 3. The largest absolute Gasteiger partial charge is 0.573 e. The maximum absolute atomic E-state index is 13.3. The number of amides is 1. The van der Waals surface area contributed by atoms with Crippen molar-refractivity contribution in [1.29, 1.82) is 0 Å². The SMILES string of the molecule is O=C(Cc1cc(F)cc(F)c1)Nc1nnc(CCCCc2ccc(NC(O)Cc3cccc(OC(F)(F)F)c3)nn2)s1. The maximum atomic E-state index is 13.3. The van der Waals surface area contributed by atoms with Crippen molar-refractivity contribution in [1.82, 2.24) is 20.4 Å². The molecule has 42 heavy (non-hydrogen) atoms. The molecule has 0 bridgehead atoms. The molecule has 4 rings (SSSR count). The number of aryl methyl sites for hydroxylation is 2. The van der Waals surface area contributed by atoms with Gasteiger partial charge in [-0.2, -0.15) is 5.10 Å². The number of carbonyl (C=O) groups is 1.